The summed E-state index contributed by atoms with van der Waals surface area (Å²) in [5, 5.41) is 0. The van der Waals surface area contributed by atoms with E-state index in [1.165, 1.54) is 11.1 Å². The Labute approximate surface area is 94.5 Å². The molecule has 1 aliphatic carbocycles. The molecule has 4 heteroatoms. The fourth-order valence-electron chi connectivity index (χ4n) is 1.67. The molecule has 0 aromatic heterocycles. The number of fused-ring (bicyclic) bond motifs is 1. The Kier molecular flexibility index (Phi) is 3.47. The molecule has 0 N–H and O–H groups in total. The molecule has 0 heterocycles. The second kappa shape index (κ2) is 4.44. The molecule has 0 radical (unpaired) electrons. The molecule has 0 bridgehead atoms. The summed E-state index contributed by atoms with van der Waals surface area (Å²) in [5.74, 6) is 0. The number of rotatable bonds is 2. The van der Waals surface area contributed by atoms with Crippen LogP contribution in [0.2, 0.25) is 0 Å². The van der Waals surface area contributed by atoms with Gasteiger partial charge in [-0.2, -0.15) is 0 Å². The number of hydrogen-bond acceptors (Lipinski definition) is 0. The van der Waals surface area contributed by atoms with Crippen molar-refractivity contribution in [3.63, 3.8) is 0 Å². The molecular formula is C9H9Cl2SiZr. The number of benzene rings is 1. The quantitative estimate of drug-likeness (QED) is 0.737. The van der Waals surface area contributed by atoms with Gasteiger partial charge >= 0.3 is 95.3 Å². The number of allylic oxidation sites excluding steroid dienone is 1. The molecule has 1 unspecified atom stereocenters. The van der Waals surface area contributed by atoms with E-state index in [-0.39, 0.29) is 6.65 Å². The summed E-state index contributed by atoms with van der Waals surface area (Å²) in [5.41, 5.74) is 3.44. The van der Waals surface area contributed by atoms with Crippen LogP contribution in [-0.2, 0) is 18.5 Å². The standard InChI is InChI=1S/C9H9Si.2ClH.Zr/c10-9-6-5-7-3-1-2-4-8(7)9;;;/h1-6,9H,10H2;2*1H;/q;;;+2/p-2. The monoisotopic (exact) mass is 305 g/mol. The van der Waals surface area contributed by atoms with E-state index >= 15 is 0 Å². The van der Waals surface area contributed by atoms with Gasteiger partial charge < -0.3 is 0 Å². The van der Waals surface area contributed by atoms with Crippen LogP contribution in [0.4, 0.5) is 0 Å². The molecule has 0 saturated heterocycles. The van der Waals surface area contributed by atoms with Gasteiger partial charge in [0.05, 0.1) is 0 Å². The Morgan fingerprint density at radius 2 is 2.00 bits per heavy atom. The van der Waals surface area contributed by atoms with Crippen molar-refractivity contribution < 1.29 is 18.5 Å². The predicted octanol–water partition coefficient (Wildman–Crippen LogP) is 2.76. The van der Waals surface area contributed by atoms with Crippen molar-refractivity contribution >= 4 is 29.7 Å². The first-order valence-corrected chi connectivity index (χ1v) is 17.3. The zero-order chi connectivity index (χ0) is 9.26. The van der Waals surface area contributed by atoms with Crippen LogP contribution >= 0.6 is 17.0 Å². The van der Waals surface area contributed by atoms with Crippen LogP contribution in [0, 0.1) is 0 Å². The molecule has 2 rings (SSSR count). The zero-order valence-electron chi connectivity index (χ0n) is 7.00. The van der Waals surface area contributed by atoms with Crippen molar-refractivity contribution in [3.8, 4) is 0 Å². The first kappa shape index (κ1) is 10.2. The molecule has 0 amide bonds. The van der Waals surface area contributed by atoms with E-state index in [0.717, 1.165) is 0 Å². The maximum absolute atomic E-state index is 6.01. The van der Waals surface area contributed by atoms with Crippen molar-refractivity contribution in [1.82, 2.24) is 0 Å². The average Bonchev–Trinajstić information content (AvgIpc) is 2.48. The molecule has 13 heavy (non-hydrogen) atoms. The van der Waals surface area contributed by atoms with Gasteiger partial charge in [0.1, 0.15) is 0 Å². The molecular weight excluding hydrogens is 298 g/mol. The van der Waals surface area contributed by atoms with Gasteiger partial charge in [0.25, 0.3) is 0 Å². The van der Waals surface area contributed by atoms with E-state index in [4.69, 9.17) is 17.0 Å². The van der Waals surface area contributed by atoms with Gasteiger partial charge in [-0.05, 0) is 0 Å². The third-order valence-electron chi connectivity index (χ3n) is 2.28. The Morgan fingerprint density at radius 3 is 2.77 bits per heavy atom. The first-order chi connectivity index (χ1) is 6.27. The van der Waals surface area contributed by atoms with Crippen molar-refractivity contribution in [1.29, 1.82) is 0 Å². The van der Waals surface area contributed by atoms with Gasteiger partial charge in [-0.1, -0.05) is 0 Å². The van der Waals surface area contributed by atoms with E-state index in [9.17, 15) is 0 Å². The minimum absolute atomic E-state index is 0.245. The summed E-state index contributed by atoms with van der Waals surface area (Å²) < 4.78 is 0. The van der Waals surface area contributed by atoms with Crippen molar-refractivity contribution in [2.75, 3.05) is 0 Å². The van der Waals surface area contributed by atoms with Crippen LogP contribution in [0.15, 0.2) is 30.3 Å². The summed E-state index contributed by atoms with van der Waals surface area (Å²) in [6.45, 7) is -0.245. The summed E-state index contributed by atoms with van der Waals surface area (Å²) in [6, 6.07) is 8.53. The number of hydrogen-bond donors (Lipinski definition) is 0. The van der Waals surface area contributed by atoms with Crippen LogP contribution < -0.4 is 0 Å². The SMILES string of the molecule is [Cl][Zr]([Cl])[SiH2]C1C=Cc2ccccc21. The van der Waals surface area contributed by atoms with Gasteiger partial charge in [0.15, 0.2) is 0 Å². The van der Waals surface area contributed by atoms with E-state index in [0.29, 0.717) is 5.54 Å². The number of halogens is 2. The second-order valence-corrected chi connectivity index (χ2v) is 25.1. The third kappa shape index (κ3) is 2.36. The van der Waals surface area contributed by atoms with E-state index in [1.807, 2.05) is 0 Å². The van der Waals surface area contributed by atoms with Crippen molar-refractivity contribution in [2.24, 2.45) is 0 Å². The molecule has 0 fully saturated rings. The van der Waals surface area contributed by atoms with Crippen molar-refractivity contribution in [2.45, 2.75) is 5.54 Å². The zero-order valence-corrected chi connectivity index (χ0v) is 12.4. The third-order valence-corrected chi connectivity index (χ3v) is 14.7. The van der Waals surface area contributed by atoms with E-state index in [2.05, 4.69) is 36.4 Å². The molecule has 0 nitrogen and oxygen atoms in total. The topological polar surface area (TPSA) is 0 Å². The minimum atomic E-state index is -1.85. The summed E-state index contributed by atoms with van der Waals surface area (Å²) in [4.78, 5) is 0. The van der Waals surface area contributed by atoms with Crippen LogP contribution in [0.1, 0.15) is 16.7 Å². The van der Waals surface area contributed by atoms with Crippen LogP contribution in [0.5, 0.6) is 0 Å². The van der Waals surface area contributed by atoms with Crippen LogP contribution in [0.3, 0.4) is 0 Å². The average molecular weight is 307 g/mol. The molecule has 1 aromatic rings. The summed E-state index contributed by atoms with van der Waals surface area (Å²) in [7, 11) is 12.0. The molecule has 0 aliphatic heterocycles. The summed E-state index contributed by atoms with van der Waals surface area (Å²) >= 11 is -1.85. The Balaban J connectivity index is 2.23. The normalized spacial score (nSPS) is 19.7. The van der Waals surface area contributed by atoms with E-state index in [1.54, 1.807) is 0 Å². The predicted molar refractivity (Wildman–Crippen MR) is 58.5 cm³/mol. The van der Waals surface area contributed by atoms with Crippen LogP contribution in [-0.4, -0.2) is 6.65 Å². The van der Waals surface area contributed by atoms with Gasteiger partial charge in [0.2, 0.25) is 0 Å². The molecule has 1 atom stereocenters. The first-order valence-electron chi connectivity index (χ1n) is 4.21. The molecule has 0 spiro atoms. The van der Waals surface area contributed by atoms with Crippen molar-refractivity contribution in [3.05, 3.63) is 41.5 Å². The molecule has 1 aromatic carbocycles. The molecule has 1 aliphatic rings. The fourth-order valence-corrected chi connectivity index (χ4v) is 13.8. The molecule has 67 valence electrons. The van der Waals surface area contributed by atoms with Gasteiger partial charge in [-0.15, -0.1) is 0 Å². The van der Waals surface area contributed by atoms with E-state index < -0.39 is 18.5 Å². The van der Waals surface area contributed by atoms with Crippen LogP contribution in [0.25, 0.3) is 6.08 Å². The van der Waals surface area contributed by atoms with Gasteiger partial charge in [-0.25, -0.2) is 0 Å². The summed E-state index contributed by atoms with van der Waals surface area (Å²) in [6.07, 6.45) is 4.48. The van der Waals surface area contributed by atoms with Gasteiger partial charge in [-0.3, -0.25) is 0 Å². The molecule has 0 saturated carbocycles. The second-order valence-electron chi connectivity index (χ2n) is 3.14. The van der Waals surface area contributed by atoms with Gasteiger partial charge in [0, 0.05) is 0 Å². The Bertz CT molecular complexity index is 338. The Morgan fingerprint density at radius 1 is 1.23 bits per heavy atom. The Hall–Kier alpha value is 0.640. The fraction of sp³-hybridized carbons (Fsp3) is 0.111. The maximum atomic E-state index is 6.01.